The maximum Gasteiger partial charge on any atom is 0.419 e. The van der Waals surface area contributed by atoms with E-state index in [1.165, 1.54) is 5.56 Å². The van der Waals surface area contributed by atoms with Gasteiger partial charge in [0.2, 0.25) is 0 Å². The van der Waals surface area contributed by atoms with Gasteiger partial charge in [0.25, 0.3) is 0 Å². The van der Waals surface area contributed by atoms with Gasteiger partial charge in [-0.05, 0) is 124 Å². The summed E-state index contributed by atoms with van der Waals surface area (Å²) in [6, 6.07) is 28.2. The molecule has 3 rings (SSSR count). The minimum Gasteiger partial charge on any atom is -0.494 e. The number of benzene rings is 3. The average Bonchev–Trinajstić information content (AvgIpc) is 3.07. The number of hydrogen-bond acceptors (Lipinski definition) is 7. The molecule has 0 saturated heterocycles. The molecule has 8 heteroatoms. The molecule has 8 nitrogen and oxygen atoms in total. The first-order chi connectivity index (χ1) is 25.0. The van der Waals surface area contributed by atoms with E-state index in [-0.39, 0.29) is 12.5 Å². The number of unbranched alkanes of at least 4 members (excludes halogenated alkanes) is 4. The molecular formula is C45H66N2O6. The average molecular weight is 731 g/mol. The summed E-state index contributed by atoms with van der Waals surface area (Å²) in [6.45, 7) is 22.1. The molecule has 0 aliphatic heterocycles. The van der Waals surface area contributed by atoms with Gasteiger partial charge in [0.1, 0.15) is 29.3 Å². The molecule has 0 aliphatic rings. The van der Waals surface area contributed by atoms with Gasteiger partial charge in [-0.2, -0.15) is 0 Å². The first kappa shape index (κ1) is 43.4. The molecule has 1 atom stereocenters. The fourth-order valence-electron chi connectivity index (χ4n) is 6.32. The molecule has 0 radical (unpaired) electrons. The van der Waals surface area contributed by atoms with Gasteiger partial charge in [0.05, 0.1) is 6.61 Å². The monoisotopic (exact) mass is 730 g/mol. The molecule has 0 N–H and O–H groups in total. The Morgan fingerprint density at radius 2 is 1.19 bits per heavy atom. The lowest BCUT2D eigenvalue weighted by Gasteiger charge is -2.32. The van der Waals surface area contributed by atoms with Crippen molar-refractivity contribution in [2.45, 2.75) is 144 Å². The normalized spacial score (nSPS) is 12.5. The van der Waals surface area contributed by atoms with Crippen molar-refractivity contribution in [1.82, 2.24) is 9.80 Å². The molecule has 3 aromatic carbocycles. The minimum atomic E-state index is -0.710. The van der Waals surface area contributed by atoms with Gasteiger partial charge in [-0.25, -0.2) is 14.5 Å². The van der Waals surface area contributed by atoms with E-state index >= 15 is 0 Å². The summed E-state index contributed by atoms with van der Waals surface area (Å²) in [5.41, 5.74) is 2.11. The first-order valence-corrected chi connectivity index (χ1v) is 19.5. The van der Waals surface area contributed by atoms with Crippen LogP contribution < -0.4 is 9.47 Å². The van der Waals surface area contributed by atoms with E-state index < -0.39 is 23.4 Å². The van der Waals surface area contributed by atoms with Crippen molar-refractivity contribution < 1.29 is 28.5 Å². The number of amides is 2. The van der Waals surface area contributed by atoms with E-state index in [2.05, 4.69) is 87.2 Å². The SMILES string of the molecule is CC(C)N(CC[C@H](c1ccccc1)c1cc(OCCCCCCCN(C(=O)OC(C)(C)C)C(=O)OC(C)(C)C)ccc1OCc1ccccc1)C(C)C. The highest BCUT2D eigenvalue weighted by Gasteiger charge is 2.31. The molecule has 292 valence electrons. The number of ether oxygens (including phenoxy) is 4. The van der Waals surface area contributed by atoms with Crippen LogP contribution >= 0.6 is 0 Å². The second-order valence-corrected chi connectivity index (χ2v) is 16.4. The van der Waals surface area contributed by atoms with Crippen LogP contribution in [0.2, 0.25) is 0 Å². The molecule has 0 aliphatic carbocycles. The summed E-state index contributed by atoms with van der Waals surface area (Å²) < 4.78 is 23.8. The summed E-state index contributed by atoms with van der Waals surface area (Å²) in [5, 5.41) is 0. The Labute approximate surface area is 320 Å². The minimum absolute atomic E-state index is 0.131. The summed E-state index contributed by atoms with van der Waals surface area (Å²) in [4.78, 5) is 29.2. The third kappa shape index (κ3) is 15.8. The van der Waals surface area contributed by atoms with Crippen LogP contribution in [-0.4, -0.2) is 65.0 Å². The second-order valence-electron chi connectivity index (χ2n) is 16.4. The first-order valence-electron chi connectivity index (χ1n) is 19.5. The molecule has 0 heterocycles. The molecule has 0 saturated carbocycles. The van der Waals surface area contributed by atoms with E-state index in [9.17, 15) is 9.59 Å². The predicted molar refractivity (Wildman–Crippen MR) is 215 cm³/mol. The summed E-state index contributed by atoms with van der Waals surface area (Å²) in [7, 11) is 0. The lowest BCUT2D eigenvalue weighted by molar-refractivity contribution is 0.00117. The van der Waals surface area contributed by atoms with Gasteiger partial charge in [-0.3, -0.25) is 4.90 Å². The van der Waals surface area contributed by atoms with Gasteiger partial charge in [0, 0.05) is 30.1 Å². The van der Waals surface area contributed by atoms with Crippen molar-refractivity contribution in [2.24, 2.45) is 0 Å². The van der Waals surface area contributed by atoms with Crippen LogP contribution in [0.1, 0.15) is 130 Å². The number of hydrogen-bond donors (Lipinski definition) is 0. The van der Waals surface area contributed by atoms with Crippen molar-refractivity contribution >= 4 is 12.2 Å². The van der Waals surface area contributed by atoms with Crippen LogP contribution in [0.25, 0.3) is 0 Å². The number of carbonyl (C=O) groups is 2. The van der Waals surface area contributed by atoms with Gasteiger partial charge >= 0.3 is 12.2 Å². The van der Waals surface area contributed by atoms with Crippen LogP contribution in [0.5, 0.6) is 11.5 Å². The third-order valence-electron chi connectivity index (χ3n) is 8.82. The molecule has 0 bridgehead atoms. The van der Waals surface area contributed by atoms with Crippen LogP contribution in [0, 0.1) is 0 Å². The second kappa shape index (κ2) is 21.0. The third-order valence-corrected chi connectivity index (χ3v) is 8.82. The Morgan fingerprint density at radius 3 is 1.75 bits per heavy atom. The number of imide groups is 1. The molecule has 0 unspecified atom stereocenters. The van der Waals surface area contributed by atoms with E-state index in [1.807, 2.05) is 24.3 Å². The summed E-state index contributed by atoms with van der Waals surface area (Å²) >= 11 is 0. The van der Waals surface area contributed by atoms with Crippen molar-refractivity contribution in [3.8, 4) is 11.5 Å². The highest BCUT2D eigenvalue weighted by Crippen LogP contribution is 2.38. The molecular weight excluding hydrogens is 665 g/mol. The largest absolute Gasteiger partial charge is 0.494 e. The van der Waals surface area contributed by atoms with E-state index in [0.717, 1.165) is 66.2 Å². The fraction of sp³-hybridized carbons (Fsp3) is 0.556. The number of carbonyl (C=O) groups excluding carboxylic acids is 2. The Balaban J connectivity index is 1.66. The highest BCUT2D eigenvalue weighted by molar-refractivity contribution is 5.88. The predicted octanol–water partition coefficient (Wildman–Crippen LogP) is 11.4. The van der Waals surface area contributed by atoms with Crippen molar-refractivity contribution in [3.05, 3.63) is 95.6 Å². The summed E-state index contributed by atoms with van der Waals surface area (Å²) in [6.07, 6.45) is 3.94. The lowest BCUT2D eigenvalue weighted by Crippen LogP contribution is -2.44. The van der Waals surface area contributed by atoms with Crippen molar-refractivity contribution in [1.29, 1.82) is 0 Å². The summed E-state index contributed by atoms with van der Waals surface area (Å²) in [5.74, 6) is 1.84. The zero-order valence-corrected chi connectivity index (χ0v) is 34.2. The van der Waals surface area contributed by atoms with E-state index in [1.54, 1.807) is 41.5 Å². The Bertz CT molecular complexity index is 1480. The molecule has 0 fully saturated rings. The van der Waals surface area contributed by atoms with Gasteiger partial charge < -0.3 is 18.9 Å². The van der Waals surface area contributed by atoms with Crippen molar-refractivity contribution in [2.75, 3.05) is 19.7 Å². The standard InChI is InChI=1S/C45H66N2O6/c1-34(2)46(35(3)4)30-28-39(37-24-18-15-19-25-37)40-32-38(26-27-41(40)51-33-36-22-16-14-17-23-36)50-31-21-13-11-12-20-29-47(42(48)52-44(5,6)7)43(49)53-45(8,9)10/h14-19,22-27,32,34-35,39H,11-13,20-21,28-31,33H2,1-10H3/t39-/m1/s1. The highest BCUT2D eigenvalue weighted by atomic mass is 16.6. The van der Waals surface area contributed by atoms with Crippen LogP contribution in [0.4, 0.5) is 9.59 Å². The Morgan fingerprint density at radius 1 is 0.642 bits per heavy atom. The quantitative estimate of drug-likeness (QED) is 0.114. The molecule has 0 spiro atoms. The fourth-order valence-corrected chi connectivity index (χ4v) is 6.32. The Kier molecular flexibility index (Phi) is 17.2. The lowest BCUT2D eigenvalue weighted by atomic mass is 9.87. The zero-order valence-electron chi connectivity index (χ0n) is 34.2. The van der Waals surface area contributed by atoms with Gasteiger partial charge in [-0.15, -0.1) is 0 Å². The molecule has 53 heavy (non-hydrogen) atoms. The number of nitrogens with zero attached hydrogens (tertiary/aromatic N) is 2. The Hall–Kier alpha value is -4.04. The van der Waals surface area contributed by atoms with Gasteiger partial charge in [-0.1, -0.05) is 79.9 Å². The smallest absolute Gasteiger partial charge is 0.419 e. The van der Waals surface area contributed by atoms with Crippen LogP contribution in [0.15, 0.2) is 78.9 Å². The number of rotatable bonds is 19. The van der Waals surface area contributed by atoms with Crippen LogP contribution in [-0.2, 0) is 16.1 Å². The van der Waals surface area contributed by atoms with Gasteiger partial charge in [0.15, 0.2) is 0 Å². The molecule has 0 aromatic heterocycles. The topological polar surface area (TPSA) is 77.5 Å². The zero-order chi connectivity index (χ0) is 39.0. The maximum absolute atomic E-state index is 12.8. The van der Waals surface area contributed by atoms with E-state index in [4.69, 9.17) is 18.9 Å². The van der Waals surface area contributed by atoms with E-state index in [0.29, 0.717) is 31.7 Å². The molecule has 2 amide bonds. The van der Waals surface area contributed by atoms with Crippen LogP contribution in [0.3, 0.4) is 0 Å². The molecule has 3 aromatic rings. The maximum atomic E-state index is 12.8. The van der Waals surface area contributed by atoms with Crippen molar-refractivity contribution in [3.63, 3.8) is 0 Å².